The average Bonchev–Trinajstić information content (AvgIpc) is 2.95. The molecule has 0 aromatic carbocycles. The molecule has 0 aliphatic carbocycles. The number of morpholine rings is 1. The first-order chi connectivity index (χ1) is 12.0. The van der Waals surface area contributed by atoms with Crippen LogP contribution in [0.4, 0.5) is 0 Å². The zero-order valence-corrected chi connectivity index (χ0v) is 16.9. The number of sulfonamides is 1. The number of thiophene rings is 1. The summed E-state index contributed by atoms with van der Waals surface area (Å²) >= 11 is 1.56. The Kier molecular flexibility index (Phi) is 6.51. The second kappa shape index (κ2) is 8.45. The predicted octanol–water partition coefficient (Wildman–Crippen LogP) is 1.39. The molecule has 8 heteroatoms. The highest BCUT2D eigenvalue weighted by Crippen LogP contribution is 2.28. The zero-order chi connectivity index (χ0) is 17.9. The molecule has 3 rings (SSSR count). The van der Waals surface area contributed by atoms with E-state index in [1.54, 1.807) is 15.6 Å². The highest BCUT2D eigenvalue weighted by molar-refractivity contribution is 7.89. The van der Waals surface area contributed by atoms with Crippen molar-refractivity contribution in [2.45, 2.75) is 25.2 Å². The molecule has 142 valence electrons. The number of nitrogens with zero attached hydrogens (tertiary/aromatic N) is 3. The SMILES string of the molecule is Cc1cc(S(=O)(=O)N2CCN(CCCN3CCOCC3)CC2)c(C)s1. The summed E-state index contributed by atoms with van der Waals surface area (Å²) in [7, 11) is -3.34. The van der Waals surface area contributed by atoms with Crippen LogP contribution in [-0.4, -0.2) is 88.1 Å². The molecule has 0 N–H and O–H groups in total. The third-order valence-electron chi connectivity index (χ3n) is 5.00. The largest absolute Gasteiger partial charge is 0.379 e. The van der Waals surface area contributed by atoms with Gasteiger partial charge in [-0.15, -0.1) is 11.3 Å². The Labute approximate surface area is 155 Å². The first-order valence-electron chi connectivity index (χ1n) is 9.06. The van der Waals surface area contributed by atoms with Crippen molar-refractivity contribution in [3.8, 4) is 0 Å². The lowest BCUT2D eigenvalue weighted by atomic mass is 10.3. The molecule has 25 heavy (non-hydrogen) atoms. The predicted molar refractivity (Wildman–Crippen MR) is 101 cm³/mol. The normalized spacial score (nSPS) is 21.7. The van der Waals surface area contributed by atoms with Crippen LogP contribution in [0.5, 0.6) is 0 Å². The molecule has 1 aromatic heterocycles. The highest BCUT2D eigenvalue weighted by Gasteiger charge is 2.30. The van der Waals surface area contributed by atoms with Gasteiger partial charge in [0.25, 0.3) is 0 Å². The minimum absolute atomic E-state index is 0.496. The van der Waals surface area contributed by atoms with Gasteiger partial charge in [0, 0.05) is 49.0 Å². The molecule has 0 atom stereocenters. The van der Waals surface area contributed by atoms with E-state index in [0.717, 1.165) is 68.7 Å². The second-order valence-electron chi connectivity index (χ2n) is 6.83. The van der Waals surface area contributed by atoms with Crippen molar-refractivity contribution in [1.82, 2.24) is 14.1 Å². The van der Waals surface area contributed by atoms with Gasteiger partial charge in [-0.2, -0.15) is 4.31 Å². The zero-order valence-electron chi connectivity index (χ0n) is 15.2. The Morgan fingerprint density at radius 3 is 2.16 bits per heavy atom. The van der Waals surface area contributed by atoms with Gasteiger partial charge in [-0.05, 0) is 39.4 Å². The van der Waals surface area contributed by atoms with Gasteiger partial charge < -0.3 is 9.64 Å². The van der Waals surface area contributed by atoms with E-state index < -0.39 is 10.0 Å². The van der Waals surface area contributed by atoms with Crippen LogP contribution in [0.15, 0.2) is 11.0 Å². The van der Waals surface area contributed by atoms with Crippen molar-refractivity contribution in [2.24, 2.45) is 0 Å². The number of hydrogen-bond donors (Lipinski definition) is 0. The van der Waals surface area contributed by atoms with Crippen LogP contribution in [0.2, 0.25) is 0 Å². The lowest BCUT2D eigenvalue weighted by Gasteiger charge is -2.34. The van der Waals surface area contributed by atoms with Gasteiger partial charge in [0.15, 0.2) is 0 Å². The summed E-state index contributed by atoms with van der Waals surface area (Å²) in [4.78, 5) is 7.28. The number of rotatable bonds is 6. The van der Waals surface area contributed by atoms with E-state index in [1.807, 2.05) is 19.9 Å². The van der Waals surface area contributed by atoms with E-state index >= 15 is 0 Å². The Bertz CT molecular complexity index is 661. The first-order valence-corrected chi connectivity index (χ1v) is 11.3. The fourth-order valence-corrected chi connectivity index (χ4v) is 6.48. The quantitative estimate of drug-likeness (QED) is 0.738. The van der Waals surface area contributed by atoms with Crippen molar-refractivity contribution in [3.63, 3.8) is 0 Å². The Balaban J connectivity index is 1.45. The van der Waals surface area contributed by atoms with E-state index in [2.05, 4.69) is 9.80 Å². The molecule has 1 aromatic rings. The highest BCUT2D eigenvalue weighted by atomic mass is 32.2. The summed E-state index contributed by atoms with van der Waals surface area (Å²) in [5, 5.41) is 0. The molecule has 2 fully saturated rings. The van der Waals surface area contributed by atoms with Gasteiger partial charge in [0.2, 0.25) is 10.0 Å². The van der Waals surface area contributed by atoms with Crippen LogP contribution in [0, 0.1) is 13.8 Å². The van der Waals surface area contributed by atoms with Gasteiger partial charge in [-0.3, -0.25) is 4.90 Å². The lowest BCUT2D eigenvalue weighted by molar-refractivity contribution is 0.0356. The molecule has 6 nitrogen and oxygen atoms in total. The van der Waals surface area contributed by atoms with Crippen molar-refractivity contribution >= 4 is 21.4 Å². The van der Waals surface area contributed by atoms with Crippen LogP contribution in [0.1, 0.15) is 16.2 Å². The average molecular weight is 388 g/mol. The van der Waals surface area contributed by atoms with E-state index in [4.69, 9.17) is 4.74 Å². The van der Waals surface area contributed by atoms with Gasteiger partial charge in [-0.1, -0.05) is 0 Å². The maximum Gasteiger partial charge on any atom is 0.244 e. The van der Waals surface area contributed by atoms with Gasteiger partial charge in [0.1, 0.15) is 0 Å². The summed E-state index contributed by atoms with van der Waals surface area (Å²) in [6.07, 6.45) is 1.13. The minimum atomic E-state index is -3.34. The molecule has 0 amide bonds. The monoisotopic (exact) mass is 387 g/mol. The molecule has 2 aliphatic rings. The fourth-order valence-electron chi connectivity index (χ4n) is 3.54. The molecule has 0 saturated carbocycles. The van der Waals surface area contributed by atoms with Crippen LogP contribution < -0.4 is 0 Å². The topological polar surface area (TPSA) is 53.1 Å². The Morgan fingerprint density at radius 1 is 1.00 bits per heavy atom. The van der Waals surface area contributed by atoms with E-state index in [-0.39, 0.29) is 0 Å². The van der Waals surface area contributed by atoms with Gasteiger partial charge in [0.05, 0.1) is 18.1 Å². The molecule has 0 unspecified atom stereocenters. The third-order valence-corrected chi connectivity index (χ3v) is 8.12. The smallest absolute Gasteiger partial charge is 0.244 e. The van der Waals surface area contributed by atoms with Crippen LogP contribution in [-0.2, 0) is 14.8 Å². The van der Waals surface area contributed by atoms with E-state index in [0.29, 0.717) is 18.0 Å². The molecule has 0 radical (unpaired) electrons. The van der Waals surface area contributed by atoms with Crippen LogP contribution in [0.25, 0.3) is 0 Å². The minimum Gasteiger partial charge on any atom is -0.379 e. The molecular formula is C17H29N3O3S2. The molecular weight excluding hydrogens is 358 g/mol. The summed E-state index contributed by atoms with van der Waals surface area (Å²) in [5.74, 6) is 0. The number of ether oxygens (including phenoxy) is 1. The van der Waals surface area contributed by atoms with E-state index in [9.17, 15) is 8.42 Å². The first kappa shape index (κ1) is 19.3. The van der Waals surface area contributed by atoms with Crippen molar-refractivity contribution in [3.05, 3.63) is 15.8 Å². The third kappa shape index (κ3) is 4.81. The van der Waals surface area contributed by atoms with Crippen molar-refractivity contribution in [2.75, 3.05) is 65.6 Å². The van der Waals surface area contributed by atoms with Crippen LogP contribution >= 0.6 is 11.3 Å². The molecule has 2 saturated heterocycles. The number of hydrogen-bond acceptors (Lipinski definition) is 6. The van der Waals surface area contributed by atoms with E-state index in [1.165, 1.54) is 0 Å². The maximum absolute atomic E-state index is 12.8. The summed E-state index contributed by atoms with van der Waals surface area (Å²) in [6, 6.07) is 1.81. The molecule has 0 spiro atoms. The number of piperazine rings is 1. The number of aryl methyl sites for hydroxylation is 2. The second-order valence-corrected chi connectivity index (χ2v) is 10.2. The standard InChI is InChI=1S/C17H29N3O3S2/c1-15-14-17(16(2)24-15)25(21,22)20-8-6-18(7-9-20)4-3-5-19-10-12-23-13-11-19/h14H,3-13H2,1-2H3. The fraction of sp³-hybridized carbons (Fsp3) is 0.765. The Morgan fingerprint density at radius 2 is 1.60 bits per heavy atom. The summed E-state index contributed by atoms with van der Waals surface area (Å²) in [5.41, 5.74) is 0. The van der Waals surface area contributed by atoms with Crippen molar-refractivity contribution < 1.29 is 13.2 Å². The van der Waals surface area contributed by atoms with Gasteiger partial charge >= 0.3 is 0 Å². The lowest BCUT2D eigenvalue weighted by Crippen LogP contribution is -2.49. The van der Waals surface area contributed by atoms with Gasteiger partial charge in [-0.25, -0.2) is 8.42 Å². The van der Waals surface area contributed by atoms with Crippen molar-refractivity contribution in [1.29, 1.82) is 0 Å². The van der Waals surface area contributed by atoms with Crippen LogP contribution in [0.3, 0.4) is 0 Å². The molecule has 3 heterocycles. The molecule has 0 bridgehead atoms. The molecule has 2 aliphatic heterocycles. The summed E-state index contributed by atoms with van der Waals surface area (Å²) in [6.45, 7) is 12.6. The maximum atomic E-state index is 12.8. The Hall–Kier alpha value is -0.510. The summed E-state index contributed by atoms with van der Waals surface area (Å²) < 4.78 is 32.7.